The molecule has 1 fully saturated rings. The maximum absolute atomic E-state index is 12.9. The molecule has 14 heteroatoms. The van der Waals surface area contributed by atoms with Crippen molar-refractivity contribution in [1.82, 2.24) is 30.0 Å². The van der Waals surface area contributed by atoms with Crippen molar-refractivity contribution in [1.29, 1.82) is 0 Å². The Bertz CT molecular complexity index is 1270. The van der Waals surface area contributed by atoms with Gasteiger partial charge < -0.3 is 25.0 Å². The number of H-pyrrole nitrogens is 1. The van der Waals surface area contributed by atoms with Crippen molar-refractivity contribution in [2.45, 2.75) is 25.5 Å². The molecule has 0 aromatic carbocycles. The highest BCUT2D eigenvalue weighted by Crippen LogP contribution is 2.34. The lowest BCUT2D eigenvalue weighted by molar-refractivity contribution is 0.0355. The zero-order chi connectivity index (χ0) is 25.3. The van der Waals surface area contributed by atoms with Crippen molar-refractivity contribution in [2.75, 3.05) is 24.6 Å². The van der Waals surface area contributed by atoms with Crippen LogP contribution in [0, 0.1) is 6.92 Å². The predicted octanol–water partition coefficient (Wildman–Crippen LogP) is 3.16. The van der Waals surface area contributed by atoms with E-state index in [1.165, 1.54) is 11.0 Å². The molecule has 0 bridgehead atoms. The van der Waals surface area contributed by atoms with Crippen LogP contribution in [0.5, 0.6) is 0 Å². The smallest absolute Gasteiger partial charge is 0.348 e. The van der Waals surface area contributed by atoms with Crippen LogP contribution in [0.15, 0.2) is 19.0 Å². The fourth-order valence-corrected chi connectivity index (χ4v) is 5.19. The molecule has 0 unspecified atom stereocenters. The van der Waals surface area contributed by atoms with E-state index in [4.69, 9.17) is 27.9 Å². The summed E-state index contributed by atoms with van der Waals surface area (Å²) in [6.45, 7) is 6.60. The summed E-state index contributed by atoms with van der Waals surface area (Å²) < 4.78 is 7.43. The van der Waals surface area contributed by atoms with E-state index in [-0.39, 0.29) is 39.8 Å². The molecule has 0 aliphatic carbocycles. The predicted molar refractivity (Wildman–Crippen MR) is 133 cm³/mol. The maximum Gasteiger partial charge on any atom is 0.348 e. The zero-order valence-corrected chi connectivity index (χ0v) is 21.2. The minimum Gasteiger partial charge on any atom is -0.477 e. The Kier molecular flexibility index (Phi) is 7.45. The Hall–Kier alpha value is -2.93. The third-order valence-corrected chi connectivity index (χ3v) is 7.64. The van der Waals surface area contributed by atoms with Gasteiger partial charge in [-0.15, -0.1) is 6.58 Å². The van der Waals surface area contributed by atoms with E-state index in [2.05, 4.69) is 31.9 Å². The molecule has 2 atom stereocenters. The molecular formula is C21H23Cl2N7O4S. The number of carboxylic acids is 1. The minimum absolute atomic E-state index is 0.0729. The molecule has 186 valence electrons. The van der Waals surface area contributed by atoms with E-state index >= 15 is 0 Å². The summed E-state index contributed by atoms with van der Waals surface area (Å²) in [4.78, 5) is 38.4. The lowest BCUT2D eigenvalue weighted by Gasteiger charge is -2.38. The van der Waals surface area contributed by atoms with Crippen molar-refractivity contribution in [3.8, 4) is 11.5 Å². The molecule has 11 nitrogen and oxygen atoms in total. The van der Waals surface area contributed by atoms with Crippen molar-refractivity contribution < 1.29 is 19.4 Å². The van der Waals surface area contributed by atoms with Crippen molar-refractivity contribution in [2.24, 2.45) is 7.05 Å². The molecule has 0 radical (unpaired) electrons. The van der Waals surface area contributed by atoms with Gasteiger partial charge in [0.15, 0.2) is 11.0 Å². The second-order valence-electron chi connectivity index (χ2n) is 7.91. The first-order valence-corrected chi connectivity index (χ1v) is 12.2. The van der Waals surface area contributed by atoms with Crippen LogP contribution < -0.4 is 10.2 Å². The van der Waals surface area contributed by atoms with Crippen LogP contribution in [0.4, 0.5) is 5.13 Å². The van der Waals surface area contributed by atoms with Crippen LogP contribution in [0.25, 0.3) is 11.5 Å². The minimum atomic E-state index is -1.09. The molecule has 1 aliphatic rings. The summed E-state index contributed by atoms with van der Waals surface area (Å²) in [7, 11) is 1.67. The average Bonchev–Trinajstić information content (AvgIpc) is 3.52. The Morgan fingerprint density at radius 2 is 2.20 bits per heavy atom. The van der Waals surface area contributed by atoms with E-state index in [0.29, 0.717) is 41.2 Å². The topological polar surface area (TPSA) is 138 Å². The van der Waals surface area contributed by atoms with Gasteiger partial charge in [-0.3, -0.25) is 4.79 Å². The third-order valence-electron chi connectivity index (χ3n) is 5.59. The molecular weight excluding hydrogens is 517 g/mol. The van der Waals surface area contributed by atoms with Gasteiger partial charge in [0.05, 0.1) is 28.8 Å². The molecule has 0 saturated carbocycles. The molecule has 3 N–H and O–H groups in total. The maximum atomic E-state index is 12.9. The molecule has 3 aromatic heterocycles. The quantitative estimate of drug-likeness (QED) is 0.371. The van der Waals surface area contributed by atoms with Gasteiger partial charge in [-0.2, -0.15) is 5.10 Å². The number of piperidine rings is 1. The second kappa shape index (κ2) is 10.4. The van der Waals surface area contributed by atoms with Crippen LogP contribution in [0.1, 0.15) is 32.3 Å². The van der Waals surface area contributed by atoms with Gasteiger partial charge in [-0.1, -0.05) is 40.6 Å². The zero-order valence-electron chi connectivity index (χ0n) is 18.9. The lowest BCUT2D eigenvalue weighted by Crippen LogP contribution is -2.55. The van der Waals surface area contributed by atoms with Gasteiger partial charge in [0.1, 0.15) is 22.6 Å². The summed E-state index contributed by atoms with van der Waals surface area (Å²) in [5.41, 5.74) is 1.05. The van der Waals surface area contributed by atoms with E-state index in [1.54, 1.807) is 20.0 Å². The van der Waals surface area contributed by atoms with E-state index in [1.807, 2.05) is 4.90 Å². The van der Waals surface area contributed by atoms with Crippen LogP contribution in [0.3, 0.4) is 0 Å². The van der Waals surface area contributed by atoms with Gasteiger partial charge in [0.25, 0.3) is 5.91 Å². The number of amides is 1. The highest BCUT2D eigenvalue weighted by Gasteiger charge is 2.34. The molecule has 1 aliphatic heterocycles. The van der Waals surface area contributed by atoms with E-state index < -0.39 is 12.1 Å². The van der Waals surface area contributed by atoms with Crippen LogP contribution >= 0.6 is 34.5 Å². The molecule has 4 heterocycles. The van der Waals surface area contributed by atoms with Crippen molar-refractivity contribution >= 4 is 51.5 Å². The fraction of sp³-hybridized carbons (Fsp3) is 0.381. The number of carboxylic acid groups (broad SMARTS) is 1. The van der Waals surface area contributed by atoms with Crippen LogP contribution in [-0.2, 0) is 11.8 Å². The monoisotopic (exact) mass is 539 g/mol. The number of carbonyl (C=O) groups is 2. The number of ether oxygens (including phenoxy) is 1. The number of nitrogens with zero attached hydrogens (tertiary/aromatic N) is 5. The highest BCUT2D eigenvalue weighted by atomic mass is 35.5. The number of thiazole rings is 1. The number of aromatic amines is 1. The number of aromatic carboxylic acids is 1. The lowest BCUT2D eigenvalue weighted by atomic mass is 10.0. The van der Waals surface area contributed by atoms with Crippen molar-refractivity contribution in [3.63, 3.8) is 0 Å². The molecule has 0 spiro atoms. The fourth-order valence-electron chi connectivity index (χ4n) is 3.84. The van der Waals surface area contributed by atoms with Crippen LogP contribution in [-0.4, -0.2) is 73.6 Å². The number of hydrogen-bond acceptors (Lipinski definition) is 8. The molecule has 1 saturated heterocycles. The van der Waals surface area contributed by atoms with Gasteiger partial charge >= 0.3 is 5.97 Å². The number of hydrogen-bond donors (Lipinski definition) is 3. The Morgan fingerprint density at radius 3 is 2.80 bits per heavy atom. The first kappa shape index (κ1) is 25.2. The Balaban J connectivity index is 1.55. The second-order valence-corrected chi connectivity index (χ2v) is 9.65. The molecule has 4 rings (SSSR count). The standard InChI is InChI=1S/C21H23Cl2N7O4S/c1-4-7-34-12-8-30(6-5-11(12)27-19(31)15-14(23)13(22)10(2)26-15)21-28-16(17(35-21)20(32)33)18-24-9-25-29(18)3/h4,9,11-12,26H,1,5-8H2,2-3H3,(H,27,31)(H,32,33)/t11-,12+/m1/s1. The number of aryl methyl sites for hydroxylation is 2. The summed E-state index contributed by atoms with van der Waals surface area (Å²) in [5.74, 6) is -1.11. The summed E-state index contributed by atoms with van der Waals surface area (Å²) in [6.07, 6.45) is 3.09. The number of halogens is 2. The van der Waals surface area contributed by atoms with Crippen LogP contribution in [0.2, 0.25) is 10.0 Å². The molecule has 3 aromatic rings. The summed E-state index contributed by atoms with van der Waals surface area (Å²) >= 11 is 13.4. The Labute approximate surface area is 214 Å². The number of anilines is 1. The van der Waals surface area contributed by atoms with E-state index in [0.717, 1.165) is 11.3 Å². The Morgan fingerprint density at radius 1 is 1.43 bits per heavy atom. The summed E-state index contributed by atoms with van der Waals surface area (Å²) in [5, 5.41) is 17.7. The van der Waals surface area contributed by atoms with Gasteiger partial charge in [-0.25, -0.2) is 19.4 Å². The normalized spacial score (nSPS) is 18.0. The van der Waals surface area contributed by atoms with Gasteiger partial charge in [0.2, 0.25) is 0 Å². The van der Waals surface area contributed by atoms with Gasteiger partial charge in [-0.05, 0) is 13.3 Å². The third kappa shape index (κ3) is 5.06. The first-order valence-electron chi connectivity index (χ1n) is 10.6. The number of carbonyl (C=O) groups excluding carboxylic acids is 1. The number of nitrogens with one attached hydrogen (secondary N) is 2. The molecule has 35 heavy (non-hydrogen) atoms. The average molecular weight is 540 g/mol. The largest absolute Gasteiger partial charge is 0.477 e. The number of aromatic nitrogens is 5. The van der Waals surface area contributed by atoms with Gasteiger partial charge in [0, 0.05) is 25.8 Å². The van der Waals surface area contributed by atoms with E-state index in [9.17, 15) is 14.7 Å². The summed E-state index contributed by atoms with van der Waals surface area (Å²) in [6, 6.07) is -0.325. The molecule has 1 amide bonds. The SMILES string of the molecule is C=CCO[C@H]1CN(c2nc(-c3ncnn3C)c(C(=O)O)s2)CC[C@H]1NC(=O)c1[nH]c(C)c(Cl)c1Cl. The van der Waals surface area contributed by atoms with Crippen molar-refractivity contribution in [3.05, 3.63) is 45.3 Å². The highest BCUT2D eigenvalue weighted by molar-refractivity contribution is 7.17. The first-order chi connectivity index (χ1) is 16.7. The number of rotatable bonds is 8.